The van der Waals surface area contributed by atoms with E-state index in [1.165, 1.54) is 14.4 Å². The van der Waals surface area contributed by atoms with Crippen LogP contribution in [0.1, 0.15) is 48.0 Å². The smallest absolute Gasteiger partial charge is 0.414 e. The number of carbonyl (C=O) groups excluding carboxylic acids is 2. The minimum absolute atomic E-state index is 0.120. The fraction of sp³-hybridized carbons (Fsp3) is 0.520. The summed E-state index contributed by atoms with van der Waals surface area (Å²) in [7, 11) is 3.22. The zero-order chi connectivity index (χ0) is 26.6. The Bertz CT molecular complexity index is 1120. The summed E-state index contributed by atoms with van der Waals surface area (Å²) < 4.78 is 12.4. The van der Waals surface area contributed by atoms with Crippen LogP contribution in [-0.2, 0) is 16.5 Å². The predicted octanol–water partition coefficient (Wildman–Crippen LogP) is 5.10. The zero-order valence-electron chi connectivity index (χ0n) is 21.7. The van der Waals surface area contributed by atoms with Gasteiger partial charge in [0.05, 0.1) is 5.69 Å². The van der Waals surface area contributed by atoms with Gasteiger partial charge in [0.2, 0.25) is 0 Å². The van der Waals surface area contributed by atoms with E-state index in [2.05, 4.69) is 4.98 Å². The quantitative estimate of drug-likeness (QED) is 0.506. The number of pyridine rings is 2. The third kappa shape index (κ3) is 8.28. The summed E-state index contributed by atoms with van der Waals surface area (Å²) in [5.41, 5.74) is -0.777. The lowest BCUT2D eigenvalue weighted by Crippen LogP contribution is -2.42. The molecule has 192 valence electrons. The van der Waals surface area contributed by atoms with Crippen LogP contribution in [0.4, 0.5) is 15.3 Å². The number of nitrogens with zero attached hydrogens (tertiary/aromatic N) is 4. The van der Waals surface area contributed by atoms with Crippen molar-refractivity contribution >= 4 is 29.5 Å². The first kappa shape index (κ1) is 28.2. The normalized spacial score (nSPS) is 11.7. The molecule has 0 unspecified atom stereocenters. The number of hydrogen-bond acceptors (Lipinski definition) is 6. The fourth-order valence-corrected chi connectivity index (χ4v) is 3.31. The van der Waals surface area contributed by atoms with Crippen molar-refractivity contribution in [3.8, 4) is 11.3 Å². The van der Waals surface area contributed by atoms with E-state index in [1.54, 1.807) is 86.1 Å². The molecule has 0 radical (unpaired) electrons. The van der Waals surface area contributed by atoms with Crippen LogP contribution in [0, 0.1) is 0 Å². The molecule has 2 aromatic heterocycles. The summed E-state index contributed by atoms with van der Waals surface area (Å²) >= 11 is 6.09. The van der Waals surface area contributed by atoms with E-state index < -0.39 is 28.9 Å². The van der Waals surface area contributed by atoms with E-state index in [4.69, 9.17) is 21.1 Å². The lowest BCUT2D eigenvalue weighted by Gasteiger charge is -2.29. The van der Waals surface area contributed by atoms with E-state index >= 15 is 0 Å². The van der Waals surface area contributed by atoms with Crippen LogP contribution >= 0.6 is 11.6 Å². The van der Waals surface area contributed by atoms with Crippen molar-refractivity contribution in [3.05, 3.63) is 46.0 Å². The maximum Gasteiger partial charge on any atom is 0.414 e. The van der Waals surface area contributed by atoms with Crippen LogP contribution in [-0.4, -0.2) is 58.0 Å². The van der Waals surface area contributed by atoms with Gasteiger partial charge in [-0.1, -0.05) is 17.7 Å². The first-order valence-electron chi connectivity index (χ1n) is 11.4. The standard InChI is InChI=1S/C25H35ClN4O5/c1-24(2,3)34-22(32)29(8)14-10-15-30(23(33)35-25(4,5)6)20-17(13-16-28(7)21(20)31)18-11-9-12-19(26)27-18/h9,11-13,16H,10,14-15H2,1-8H3. The SMILES string of the molecule is CN(CCCN(C(=O)OC(C)(C)C)c1c(-c2cccc(Cl)n2)ccn(C)c1=O)C(=O)OC(C)(C)C. The van der Waals surface area contributed by atoms with Crippen molar-refractivity contribution in [2.75, 3.05) is 25.0 Å². The first-order chi connectivity index (χ1) is 16.1. The minimum Gasteiger partial charge on any atom is -0.444 e. The van der Waals surface area contributed by atoms with Gasteiger partial charge in [0.25, 0.3) is 5.56 Å². The van der Waals surface area contributed by atoms with Gasteiger partial charge in [-0.05, 0) is 66.2 Å². The molecule has 0 aliphatic carbocycles. The Balaban J connectivity index is 2.43. The van der Waals surface area contributed by atoms with Gasteiger partial charge in [0.15, 0.2) is 0 Å². The third-order valence-corrected chi connectivity index (χ3v) is 4.91. The number of hydrogen-bond donors (Lipinski definition) is 0. The Morgan fingerprint density at radius 2 is 1.60 bits per heavy atom. The Labute approximate surface area is 211 Å². The van der Waals surface area contributed by atoms with Gasteiger partial charge in [0.1, 0.15) is 22.0 Å². The maximum atomic E-state index is 13.3. The number of carbonyl (C=O) groups is 2. The highest BCUT2D eigenvalue weighted by atomic mass is 35.5. The predicted molar refractivity (Wildman–Crippen MR) is 137 cm³/mol. The van der Waals surface area contributed by atoms with Gasteiger partial charge in [-0.25, -0.2) is 14.6 Å². The number of aromatic nitrogens is 2. The highest BCUT2D eigenvalue weighted by Crippen LogP contribution is 2.29. The van der Waals surface area contributed by atoms with E-state index in [9.17, 15) is 14.4 Å². The Kier molecular flexibility index (Phi) is 8.94. The zero-order valence-corrected chi connectivity index (χ0v) is 22.5. The van der Waals surface area contributed by atoms with Gasteiger partial charge in [0, 0.05) is 38.9 Å². The van der Waals surface area contributed by atoms with Crippen molar-refractivity contribution in [1.82, 2.24) is 14.5 Å². The van der Waals surface area contributed by atoms with Gasteiger partial charge >= 0.3 is 12.2 Å². The lowest BCUT2D eigenvalue weighted by atomic mass is 10.1. The van der Waals surface area contributed by atoms with Crippen molar-refractivity contribution in [3.63, 3.8) is 0 Å². The van der Waals surface area contributed by atoms with Crippen LogP contribution in [0.2, 0.25) is 5.15 Å². The van der Waals surface area contributed by atoms with Gasteiger partial charge in [-0.2, -0.15) is 0 Å². The topological polar surface area (TPSA) is 94.0 Å². The number of halogens is 1. The Hall–Kier alpha value is -3.07. The first-order valence-corrected chi connectivity index (χ1v) is 11.7. The minimum atomic E-state index is -0.781. The number of rotatable bonds is 6. The monoisotopic (exact) mass is 506 g/mol. The van der Waals surface area contributed by atoms with E-state index in [1.807, 2.05) is 0 Å². The summed E-state index contributed by atoms with van der Waals surface area (Å²) in [6.07, 6.45) is 0.827. The average molecular weight is 507 g/mol. The van der Waals surface area contributed by atoms with E-state index in [0.717, 1.165) is 0 Å². The maximum absolute atomic E-state index is 13.3. The molecular formula is C25H35ClN4O5. The van der Waals surface area contributed by atoms with Crippen LogP contribution < -0.4 is 10.5 Å². The third-order valence-electron chi connectivity index (χ3n) is 4.70. The molecule has 0 spiro atoms. The molecule has 2 heterocycles. The molecule has 0 bridgehead atoms. The summed E-state index contributed by atoms with van der Waals surface area (Å²) in [6, 6.07) is 6.77. The second-order valence-electron chi connectivity index (χ2n) is 10.2. The number of ether oxygens (including phenoxy) is 2. The average Bonchev–Trinajstić information content (AvgIpc) is 2.71. The number of anilines is 1. The van der Waals surface area contributed by atoms with E-state index in [0.29, 0.717) is 24.2 Å². The number of amides is 2. The van der Waals surface area contributed by atoms with Gasteiger partial charge in [-0.3, -0.25) is 9.69 Å². The second-order valence-corrected chi connectivity index (χ2v) is 10.6. The molecule has 2 amide bonds. The van der Waals surface area contributed by atoms with Crippen molar-refractivity contribution in [2.45, 2.75) is 59.2 Å². The summed E-state index contributed by atoms with van der Waals surface area (Å²) in [6.45, 7) is 11.0. The molecule has 9 nitrogen and oxygen atoms in total. The molecule has 0 aliphatic heterocycles. The molecule has 0 aromatic carbocycles. The lowest BCUT2D eigenvalue weighted by molar-refractivity contribution is 0.0298. The highest BCUT2D eigenvalue weighted by Gasteiger charge is 2.29. The summed E-state index contributed by atoms with van der Waals surface area (Å²) in [4.78, 5) is 45.9. The summed E-state index contributed by atoms with van der Waals surface area (Å²) in [5.74, 6) is 0. The van der Waals surface area contributed by atoms with Crippen molar-refractivity contribution in [1.29, 1.82) is 0 Å². The molecule has 0 aliphatic rings. The molecule has 0 atom stereocenters. The van der Waals surface area contributed by atoms with Crippen LogP contribution in [0.25, 0.3) is 11.3 Å². The molecule has 35 heavy (non-hydrogen) atoms. The molecular weight excluding hydrogens is 472 g/mol. The Morgan fingerprint density at radius 3 is 2.17 bits per heavy atom. The van der Waals surface area contributed by atoms with Crippen LogP contribution in [0.5, 0.6) is 0 Å². The molecule has 2 rings (SSSR count). The van der Waals surface area contributed by atoms with Crippen molar-refractivity contribution in [2.24, 2.45) is 7.05 Å². The summed E-state index contributed by atoms with van der Waals surface area (Å²) in [5, 5.41) is 0.261. The molecule has 0 saturated carbocycles. The van der Waals surface area contributed by atoms with Crippen LogP contribution in [0.3, 0.4) is 0 Å². The van der Waals surface area contributed by atoms with Gasteiger partial charge < -0.3 is 18.9 Å². The molecule has 2 aromatic rings. The molecule has 0 fully saturated rings. The molecule has 0 saturated heterocycles. The number of aryl methyl sites for hydroxylation is 1. The highest BCUT2D eigenvalue weighted by molar-refractivity contribution is 6.29. The second kappa shape index (κ2) is 11.1. The van der Waals surface area contributed by atoms with E-state index in [-0.39, 0.29) is 17.4 Å². The fourth-order valence-electron chi connectivity index (χ4n) is 3.15. The molecule has 10 heteroatoms. The van der Waals surface area contributed by atoms with Gasteiger partial charge in [-0.15, -0.1) is 0 Å². The van der Waals surface area contributed by atoms with Crippen LogP contribution in [0.15, 0.2) is 35.3 Å². The molecule has 0 N–H and O–H groups in total. The largest absolute Gasteiger partial charge is 0.444 e. The Morgan fingerprint density at radius 1 is 1.00 bits per heavy atom. The van der Waals surface area contributed by atoms with Crippen molar-refractivity contribution < 1.29 is 19.1 Å².